The first-order chi connectivity index (χ1) is 9.52. The Hall–Kier alpha value is -2.55. The molecule has 0 bridgehead atoms. The van der Waals surface area contributed by atoms with Crippen LogP contribution in [0.3, 0.4) is 0 Å². The minimum atomic E-state index is -0.875. The molecule has 2 amide bonds. The molecule has 0 aromatic heterocycles. The number of nitrogens with one attached hydrogen (secondary N) is 2. The molecule has 106 valence electrons. The zero-order valence-electron chi connectivity index (χ0n) is 11.2. The molecular weight excluding hydrogens is 258 g/mol. The topological polar surface area (TPSA) is 102 Å². The van der Waals surface area contributed by atoms with Gasteiger partial charge in [0.1, 0.15) is 0 Å². The summed E-state index contributed by atoms with van der Waals surface area (Å²) in [7, 11) is 0. The maximum absolute atomic E-state index is 11.6. The predicted molar refractivity (Wildman–Crippen MR) is 74.2 cm³/mol. The number of hydrogen-bond acceptors (Lipinski definition) is 3. The lowest BCUT2D eigenvalue weighted by Gasteiger charge is -2.09. The monoisotopic (exact) mass is 275 g/mol. The van der Waals surface area contributed by atoms with Crippen molar-refractivity contribution in [2.75, 3.05) is 11.9 Å². The van der Waals surface area contributed by atoms with Crippen molar-refractivity contribution < 1.29 is 14.7 Å². The highest BCUT2D eigenvalue weighted by Gasteiger charge is 2.10. The van der Waals surface area contributed by atoms with E-state index in [0.29, 0.717) is 25.1 Å². The molecule has 0 saturated carbocycles. The van der Waals surface area contributed by atoms with Crippen LogP contribution in [0.15, 0.2) is 24.3 Å². The molecule has 0 spiro atoms. The fourth-order valence-electron chi connectivity index (χ4n) is 1.50. The lowest BCUT2D eigenvalue weighted by atomic mass is 10.1. The molecule has 0 heterocycles. The van der Waals surface area contributed by atoms with Crippen LogP contribution >= 0.6 is 0 Å². The van der Waals surface area contributed by atoms with E-state index in [1.807, 2.05) is 6.07 Å². The lowest BCUT2D eigenvalue weighted by molar-refractivity contribution is -0.141. The maximum Gasteiger partial charge on any atom is 0.319 e. The number of amides is 2. The highest BCUT2D eigenvalue weighted by atomic mass is 16.4. The third kappa shape index (κ3) is 5.40. The van der Waals surface area contributed by atoms with Gasteiger partial charge in [-0.15, -0.1) is 0 Å². The minimum absolute atomic E-state index is 0.297. The molecule has 1 atom stereocenters. The van der Waals surface area contributed by atoms with Crippen LogP contribution in [-0.2, 0) is 11.2 Å². The SMILES string of the molecule is CC(CCNC(=O)Nc1ccc(CC#N)cc1)C(=O)O. The van der Waals surface area contributed by atoms with Crippen molar-refractivity contribution in [1.82, 2.24) is 5.32 Å². The van der Waals surface area contributed by atoms with E-state index in [1.165, 1.54) is 0 Å². The zero-order valence-corrected chi connectivity index (χ0v) is 11.2. The molecule has 1 unspecified atom stereocenters. The smallest absolute Gasteiger partial charge is 0.319 e. The van der Waals surface area contributed by atoms with Crippen LogP contribution < -0.4 is 10.6 Å². The summed E-state index contributed by atoms with van der Waals surface area (Å²) in [6.45, 7) is 1.89. The number of urea groups is 1. The number of nitriles is 1. The zero-order chi connectivity index (χ0) is 15.0. The number of carboxylic acids is 1. The molecule has 0 saturated heterocycles. The van der Waals surface area contributed by atoms with E-state index in [2.05, 4.69) is 10.6 Å². The van der Waals surface area contributed by atoms with E-state index in [4.69, 9.17) is 10.4 Å². The Morgan fingerprint density at radius 1 is 1.35 bits per heavy atom. The van der Waals surface area contributed by atoms with E-state index >= 15 is 0 Å². The average molecular weight is 275 g/mol. The van der Waals surface area contributed by atoms with Crippen molar-refractivity contribution in [3.63, 3.8) is 0 Å². The van der Waals surface area contributed by atoms with Gasteiger partial charge in [0.2, 0.25) is 0 Å². The van der Waals surface area contributed by atoms with Gasteiger partial charge in [0, 0.05) is 12.2 Å². The molecule has 1 aromatic carbocycles. The van der Waals surface area contributed by atoms with E-state index < -0.39 is 11.9 Å². The van der Waals surface area contributed by atoms with Gasteiger partial charge < -0.3 is 15.7 Å². The molecule has 0 aliphatic carbocycles. The van der Waals surface area contributed by atoms with Crippen molar-refractivity contribution in [3.8, 4) is 6.07 Å². The molecule has 1 rings (SSSR count). The van der Waals surface area contributed by atoms with Crippen LogP contribution in [0, 0.1) is 17.2 Å². The number of carboxylic acid groups (broad SMARTS) is 1. The number of carbonyl (C=O) groups excluding carboxylic acids is 1. The highest BCUT2D eigenvalue weighted by Crippen LogP contribution is 2.09. The van der Waals surface area contributed by atoms with Crippen LogP contribution in [0.2, 0.25) is 0 Å². The normalized spacial score (nSPS) is 11.2. The molecule has 20 heavy (non-hydrogen) atoms. The summed E-state index contributed by atoms with van der Waals surface area (Å²) in [6, 6.07) is 8.63. The third-order valence-electron chi connectivity index (χ3n) is 2.78. The first-order valence-corrected chi connectivity index (χ1v) is 6.26. The lowest BCUT2D eigenvalue weighted by Crippen LogP contribution is -2.31. The van der Waals surface area contributed by atoms with Crippen molar-refractivity contribution in [2.45, 2.75) is 19.8 Å². The highest BCUT2D eigenvalue weighted by molar-refractivity contribution is 5.89. The molecule has 0 fully saturated rings. The molecule has 3 N–H and O–H groups in total. The number of rotatable bonds is 6. The van der Waals surface area contributed by atoms with Crippen molar-refractivity contribution >= 4 is 17.7 Å². The second kappa shape index (κ2) is 7.79. The summed E-state index contributed by atoms with van der Waals surface area (Å²) in [5.41, 5.74) is 1.50. The van der Waals surface area contributed by atoms with Gasteiger partial charge >= 0.3 is 12.0 Å². The van der Waals surface area contributed by atoms with Gasteiger partial charge in [-0.25, -0.2) is 4.79 Å². The van der Waals surface area contributed by atoms with Crippen molar-refractivity contribution in [1.29, 1.82) is 5.26 Å². The van der Waals surface area contributed by atoms with E-state index in [0.717, 1.165) is 5.56 Å². The van der Waals surface area contributed by atoms with Gasteiger partial charge in [0.25, 0.3) is 0 Å². The molecule has 6 heteroatoms. The number of anilines is 1. The summed E-state index contributed by atoms with van der Waals surface area (Å²) in [5, 5.41) is 22.5. The van der Waals surface area contributed by atoms with Crippen LogP contribution in [0.25, 0.3) is 0 Å². The first-order valence-electron chi connectivity index (χ1n) is 6.26. The van der Waals surface area contributed by atoms with E-state index in [1.54, 1.807) is 31.2 Å². The number of nitrogens with zero attached hydrogens (tertiary/aromatic N) is 1. The summed E-state index contributed by atoms with van der Waals surface area (Å²) in [5.74, 6) is -1.36. The van der Waals surface area contributed by atoms with Crippen molar-refractivity contribution in [2.24, 2.45) is 5.92 Å². The Morgan fingerprint density at radius 2 is 2.00 bits per heavy atom. The second-order valence-electron chi connectivity index (χ2n) is 4.44. The van der Waals surface area contributed by atoms with Crippen molar-refractivity contribution in [3.05, 3.63) is 29.8 Å². The Balaban J connectivity index is 2.35. The fourth-order valence-corrected chi connectivity index (χ4v) is 1.50. The van der Waals surface area contributed by atoms with E-state index in [9.17, 15) is 9.59 Å². The van der Waals surface area contributed by atoms with Gasteiger partial charge in [0.15, 0.2) is 0 Å². The standard InChI is InChI=1S/C14H17N3O3/c1-10(13(18)19)7-9-16-14(20)17-12-4-2-11(3-5-12)6-8-15/h2-5,10H,6-7,9H2,1H3,(H,18,19)(H2,16,17,20). The largest absolute Gasteiger partial charge is 0.481 e. The van der Waals surface area contributed by atoms with Crippen LogP contribution in [0.4, 0.5) is 10.5 Å². The Bertz CT molecular complexity index is 505. The Morgan fingerprint density at radius 3 is 2.55 bits per heavy atom. The Kier molecular flexibility index (Phi) is 6.04. The molecule has 6 nitrogen and oxygen atoms in total. The average Bonchev–Trinajstić information content (AvgIpc) is 2.41. The fraction of sp³-hybridized carbons (Fsp3) is 0.357. The molecule has 0 aliphatic rings. The summed E-state index contributed by atoms with van der Waals surface area (Å²) >= 11 is 0. The molecule has 0 radical (unpaired) electrons. The van der Waals surface area contributed by atoms with Gasteiger partial charge in [-0.3, -0.25) is 4.79 Å². The quantitative estimate of drug-likeness (QED) is 0.738. The summed E-state index contributed by atoms with van der Waals surface area (Å²) < 4.78 is 0. The van der Waals surface area contributed by atoms with Crippen LogP contribution in [0.5, 0.6) is 0 Å². The number of hydrogen-bond donors (Lipinski definition) is 3. The molecule has 0 aliphatic heterocycles. The van der Waals surface area contributed by atoms with Crippen LogP contribution in [-0.4, -0.2) is 23.7 Å². The number of benzene rings is 1. The van der Waals surface area contributed by atoms with Gasteiger partial charge in [-0.05, 0) is 24.1 Å². The number of carbonyl (C=O) groups is 2. The predicted octanol–water partition coefficient (Wildman–Crippen LogP) is 1.98. The van der Waals surface area contributed by atoms with Gasteiger partial charge in [0.05, 0.1) is 18.4 Å². The van der Waals surface area contributed by atoms with E-state index in [-0.39, 0.29) is 6.03 Å². The molecule has 1 aromatic rings. The second-order valence-corrected chi connectivity index (χ2v) is 4.44. The summed E-state index contributed by atoms with van der Waals surface area (Å²) in [6.07, 6.45) is 0.712. The Labute approximate surface area is 117 Å². The first kappa shape index (κ1) is 15.5. The third-order valence-corrected chi connectivity index (χ3v) is 2.78. The molecular formula is C14H17N3O3. The number of aliphatic carboxylic acids is 1. The minimum Gasteiger partial charge on any atom is -0.481 e. The van der Waals surface area contributed by atoms with Crippen LogP contribution in [0.1, 0.15) is 18.9 Å². The summed E-state index contributed by atoms with van der Waals surface area (Å²) in [4.78, 5) is 22.2. The maximum atomic E-state index is 11.6. The van der Waals surface area contributed by atoms with Gasteiger partial charge in [-0.2, -0.15) is 5.26 Å². The van der Waals surface area contributed by atoms with Gasteiger partial charge in [-0.1, -0.05) is 19.1 Å².